The molecule has 128 valence electrons. The van der Waals surface area contributed by atoms with Gasteiger partial charge in [0.2, 0.25) is 5.91 Å². The summed E-state index contributed by atoms with van der Waals surface area (Å²) >= 11 is 12.5. The lowest BCUT2D eigenvalue weighted by molar-refractivity contribution is -0.128. The van der Waals surface area contributed by atoms with Crippen molar-refractivity contribution in [3.63, 3.8) is 0 Å². The van der Waals surface area contributed by atoms with Gasteiger partial charge in [0.25, 0.3) is 5.91 Å². The van der Waals surface area contributed by atoms with Gasteiger partial charge in [-0.3, -0.25) is 14.5 Å². The van der Waals surface area contributed by atoms with Gasteiger partial charge in [-0.15, -0.1) is 0 Å². The predicted octanol–water partition coefficient (Wildman–Crippen LogP) is 2.22. The predicted molar refractivity (Wildman–Crippen MR) is 103 cm³/mol. The maximum Gasteiger partial charge on any atom is 0.266 e. The van der Waals surface area contributed by atoms with Crippen molar-refractivity contribution in [2.75, 3.05) is 33.7 Å². The molecule has 0 aromatic heterocycles. The van der Waals surface area contributed by atoms with Crippen LogP contribution < -0.4 is 5.32 Å². The van der Waals surface area contributed by atoms with E-state index in [0.29, 0.717) is 20.8 Å². The largest absolute Gasteiger partial charge is 0.353 e. The lowest BCUT2D eigenvalue weighted by atomic mass is 10.2. The first-order valence-electron chi connectivity index (χ1n) is 7.30. The monoisotopic (exact) mass is 383 g/mol. The third kappa shape index (κ3) is 5.04. The van der Waals surface area contributed by atoms with Crippen molar-refractivity contribution in [3.8, 4) is 0 Å². The molecule has 8 heteroatoms. The zero-order valence-corrected chi connectivity index (χ0v) is 15.8. The van der Waals surface area contributed by atoms with Gasteiger partial charge in [0.15, 0.2) is 0 Å². The van der Waals surface area contributed by atoms with Crippen LogP contribution in [0.1, 0.15) is 5.56 Å². The SMILES string of the molecule is CN(C)CCNC(=O)CN1C(=O)/C(=C/c2ccccc2Cl)SC1=S. The highest BCUT2D eigenvalue weighted by Crippen LogP contribution is 2.33. The van der Waals surface area contributed by atoms with Crippen molar-refractivity contribution in [1.82, 2.24) is 15.1 Å². The Kier molecular flexibility index (Phi) is 6.79. The molecule has 1 saturated heterocycles. The molecule has 1 aromatic rings. The summed E-state index contributed by atoms with van der Waals surface area (Å²) in [5, 5.41) is 3.33. The first-order valence-corrected chi connectivity index (χ1v) is 8.90. The molecule has 24 heavy (non-hydrogen) atoms. The Bertz CT molecular complexity index is 692. The Morgan fingerprint density at radius 1 is 1.42 bits per heavy atom. The lowest BCUT2D eigenvalue weighted by Crippen LogP contribution is -2.41. The van der Waals surface area contributed by atoms with Crippen molar-refractivity contribution in [3.05, 3.63) is 39.8 Å². The number of carbonyl (C=O) groups excluding carboxylic acids is 2. The molecule has 1 aromatic carbocycles. The third-order valence-electron chi connectivity index (χ3n) is 3.25. The van der Waals surface area contributed by atoms with E-state index in [-0.39, 0.29) is 18.4 Å². The second-order valence-electron chi connectivity index (χ2n) is 5.44. The van der Waals surface area contributed by atoms with Gasteiger partial charge in [0, 0.05) is 18.1 Å². The molecule has 1 fully saturated rings. The second-order valence-corrected chi connectivity index (χ2v) is 7.53. The van der Waals surface area contributed by atoms with Crippen LogP contribution in [-0.4, -0.2) is 59.7 Å². The molecule has 0 saturated carbocycles. The summed E-state index contributed by atoms with van der Waals surface area (Å²) in [6.45, 7) is 1.19. The Hall–Kier alpha value is -1.41. The van der Waals surface area contributed by atoms with Crippen molar-refractivity contribution in [2.24, 2.45) is 0 Å². The number of likely N-dealkylation sites (N-methyl/N-ethyl adjacent to an activating group) is 1. The molecule has 1 heterocycles. The fourth-order valence-corrected chi connectivity index (χ4v) is 3.42. The number of halogens is 1. The molecule has 5 nitrogen and oxygen atoms in total. The minimum atomic E-state index is -0.271. The Morgan fingerprint density at radius 2 is 2.12 bits per heavy atom. The topological polar surface area (TPSA) is 52.7 Å². The van der Waals surface area contributed by atoms with Crippen molar-refractivity contribution in [2.45, 2.75) is 0 Å². The van der Waals surface area contributed by atoms with Crippen LogP contribution in [0.2, 0.25) is 5.02 Å². The summed E-state index contributed by atoms with van der Waals surface area (Å²) < 4.78 is 0.376. The number of benzene rings is 1. The van der Waals surface area contributed by atoms with E-state index in [1.165, 1.54) is 16.7 Å². The lowest BCUT2D eigenvalue weighted by Gasteiger charge is -2.15. The number of nitrogens with zero attached hydrogens (tertiary/aromatic N) is 2. The van der Waals surface area contributed by atoms with Gasteiger partial charge in [-0.05, 0) is 31.8 Å². The average Bonchev–Trinajstić information content (AvgIpc) is 2.77. The Balaban J connectivity index is 2.01. The molecule has 1 aliphatic heterocycles. The Morgan fingerprint density at radius 3 is 2.79 bits per heavy atom. The van der Waals surface area contributed by atoms with Crippen LogP contribution in [0, 0.1) is 0 Å². The molecule has 2 rings (SSSR count). The van der Waals surface area contributed by atoms with Crippen molar-refractivity contribution in [1.29, 1.82) is 0 Å². The number of thioether (sulfide) groups is 1. The smallest absolute Gasteiger partial charge is 0.266 e. The number of rotatable bonds is 6. The maximum atomic E-state index is 12.5. The molecule has 2 amide bonds. The molecule has 0 unspecified atom stereocenters. The minimum absolute atomic E-state index is 0.0715. The molecule has 0 aliphatic carbocycles. The minimum Gasteiger partial charge on any atom is -0.353 e. The number of nitrogens with one attached hydrogen (secondary N) is 1. The second kappa shape index (κ2) is 8.62. The van der Waals surface area contributed by atoms with E-state index in [1.54, 1.807) is 12.1 Å². The summed E-state index contributed by atoms with van der Waals surface area (Å²) in [7, 11) is 3.85. The van der Waals surface area contributed by atoms with Crippen LogP contribution >= 0.6 is 35.6 Å². The summed E-state index contributed by atoms with van der Waals surface area (Å²) in [6.07, 6.45) is 1.70. The van der Waals surface area contributed by atoms with Gasteiger partial charge in [-0.2, -0.15) is 0 Å². The standard InChI is InChI=1S/C16H18ClN3O2S2/c1-19(2)8-7-18-14(21)10-20-15(22)13(24-16(20)23)9-11-5-3-4-6-12(11)17/h3-6,9H,7-8,10H2,1-2H3,(H,18,21)/b13-9-. The zero-order chi connectivity index (χ0) is 17.7. The van der Waals surface area contributed by atoms with Crippen LogP contribution in [-0.2, 0) is 9.59 Å². The molecule has 1 aliphatic rings. The fourth-order valence-electron chi connectivity index (χ4n) is 1.99. The van der Waals surface area contributed by atoms with E-state index in [2.05, 4.69) is 5.32 Å². The number of carbonyl (C=O) groups is 2. The van der Waals surface area contributed by atoms with E-state index in [4.69, 9.17) is 23.8 Å². The highest BCUT2D eigenvalue weighted by atomic mass is 35.5. The molecule has 1 N–H and O–H groups in total. The van der Waals surface area contributed by atoms with Crippen LogP contribution in [0.5, 0.6) is 0 Å². The van der Waals surface area contributed by atoms with Crippen LogP contribution in [0.3, 0.4) is 0 Å². The fraction of sp³-hybridized carbons (Fsp3) is 0.312. The third-order valence-corrected chi connectivity index (χ3v) is 4.97. The zero-order valence-electron chi connectivity index (χ0n) is 13.4. The molecule has 0 atom stereocenters. The summed E-state index contributed by atoms with van der Waals surface area (Å²) in [5.74, 6) is -0.500. The van der Waals surface area contributed by atoms with E-state index < -0.39 is 0 Å². The van der Waals surface area contributed by atoms with E-state index >= 15 is 0 Å². The van der Waals surface area contributed by atoms with Gasteiger partial charge in [0.05, 0.1) is 4.91 Å². The molecule has 0 bridgehead atoms. The molecule has 0 radical (unpaired) electrons. The number of hydrogen-bond donors (Lipinski definition) is 1. The first-order chi connectivity index (χ1) is 11.4. The van der Waals surface area contributed by atoms with E-state index in [1.807, 2.05) is 37.2 Å². The molecular weight excluding hydrogens is 366 g/mol. The number of thiocarbonyl (C=S) groups is 1. The van der Waals surface area contributed by atoms with Crippen molar-refractivity contribution < 1.29 is 9.59 Å². The van der Waals surface area contributed by atoms with E-state index in [9.17, 15) is 9.59 Å². The number of amides is 2. The Labute approximate surface area is 156 Å². The summed E-state index contributed by atoms with van der Waals surface area (Å²) in [6, 6.07) is 7.24. The highest BCUT2D eigenvalue weighted by molar-refractivity contribution is 8.26. The quantitative estimate of drug-likeness (QED) is 0.603. The van der Waals surface area contributed by atoms with Gasteiger partial charge in [-0.1, -0.05) is 53.8 Å². The molecular formula is C16H18ClN3O2S2. The molecule has 0 spiro atoms. The van der Waals surface area contributed by atoms with E-state index in [0.717, 1.165) is 12.1 Å². The highest BCUT2D eigenvalue weighted by Gasteiger charge is 2.33. The van der Waals surface area contributed by atoms with Crippen LogP contribution in [0.25, 0.3) is 6.08 Å². The normalized spacial score (nSPS) is 16.3. The van der Waals surface area contributed by atoms with Gasteiger partial charge < -0.3 is 10.2 Å². The average molecular weight is 384 g/mol. The van der Waals surface area contributed by atoms with Gasteiger partial charge in [-0.25, -0.2) is 0 Å². The maximum absolute atomic E-state index is 12.5. The van der Waals surface area contributed by atoms with Crippen LogP contribution in [0.15, 0.2) is 29.2 Å². The van der Waals surface area contributed by atoms with Gasteiger partial charge in [0.1, 0.15) is 10.9 Å². The first kappa shape index (κ1) is 18.9. The van der Waals surface area contributed by atoms with Gasteiger partial charge >= 0.3 is 0 Å². The summed E-state index contributed by atoms with van der Waals surface area (Å²) in [4.78, 5) is 28.2. The van der Waals surface area contributed by atoms with Crippen LogP contribution in [0.4, 0.5) is 0 Å². The van der Waals surface area contributed by atoms with Crippen molar-refractivity contribution >= 4 is 57.8 Å². The summed E-state index contributed by atoms with van der Waals surface area (Å²) in [5.41, 5.74) is 0.745. The number of hydrogen-bond acceptors (Lipinski definition) is 5.